The molecule has 2 heterocycles. The first-order valence-corrected chi connectivity index (χ1v) is 11.2. The molecule has 0 spiro atoms. The summed E-state index contributed by atoms with van der Waals surface area (Å²) < 4.78 is 38.1. The van der Waals surface area contributed by atoms with Crippen LogP contribution in [0.2, 0.25) is 0 Å². The Balaban J connectivity index is 1.36. The van der Waals surface area contributed by atoms with Gasteiger partial charge in [-0.25, -0.2) is 0 Å². The van der Waals surface area contributed by atoms with Crippen molar-refractivity contribution in [2.24, 2.45) is 4.99 Å². The monoisotopic (exact) mass is 440 g/mol. The molecule has 1 aromatic rings. The Labute approximate surface area is 183 Å². The second kappa shape index (κ2) is 11.2. The van der Waals surface area contributed by atoms with E-state index in [2.05, 4.69) is 37.2 Å². The van der Waals surface area contributed by atoms with Crippen molar-refractivity contribution in [2.45, 2.75) is 32.1 Å². The molecule has 0 aromatic heterocycles. The van der Waals surface area contributed by atoms with Gasteiger partial charge in [0.1, 0.15) is 0 Å². The standard InChI is InChI=1S/C22H35F3N6/c1-3-29-12-14-30(15-13-29)11-9-27-21(26-2)28-20-8-10-31(17-20)16-18-4-6-19(7-5-18)22(23,24)25/h4-7,20H,3,8-17H2,1-2H3,(H2,26,27,28). The van der Waals surface area contributed by atoms with Crippen molar-refractivity contribution >= 4 is 5.96 Å². The molecule has 2 fully saturated rings. The van der Waals surface area contributed by atoms with Crippen LogP contribution < -0.4 is 10.6 Å². The molecule has 1 unspecified atom stereocenters. The Morgan fingerprint density at radius 1 is 1.03 bits per heavy atom. The summed E-state index contributed by atoms with van der Waals surface area (Å²) in [6.45, 7) is 12.1. The van der Waals surface area contributed by atoms with E-state index in [0.717, 1.165) is 89.0 Å². The third-order valence-corrected chi connectivity index (χ3v) is 6.16. The van der Waals surface area contributed by atoms with Gasteiger partial charge in [0.05, 0.1) is 5.56 Å². The van der Waals surface area contributed by atoms with Crippen molar-refractivity contribution in [2.75, 3.05) is 66.0 Å². The summed E-state index contributed by atoms with van der Waals surface area (Å²) in [6, 6.07) is 5.76. The van der Waals surface area contributed by atoms with Crippen LogP contribution >= 0.6 is 0 Å². The van der Waals surface area contributed by atoms with Crippen LogP contribution in [0.3, 0.4) is 0 Å². The number of halogens is 3. The minimum atomic E-state index is -4.28. The van der Waals surface area contributed by atoms with Crippen molar-refractivity contribution < 1.29 is 13.2 Å². The van der Waals surface area contributed by atoms with Gasteiger partial charge in [0.2, 0.25) is 0 Å². The number of guanidine groups is 1. The quantitative estimate of drug-likeness (QED) is 0.502. The van der Waals surface area contributed by atoms with E-state index >= 15 is 0 Å². The number of hydrogen-bond acceptors (Lipinski definition) is 4. The first-order chi connectivity index (χ1) is 14.9. The Hall–Kier alpha value is -1.84. The molecule has 3 rings (SSSR count). The van der Waals surface area contributed by atoms with Crippen LogP contribution in [-0.2, 0) is 12.7 Å². The largest absolute Gasteiger partial charge is 0.416 e. The maximum Gasteiger partial charge on any atom is 0.416 e. The highest BCUT2D eigenvalue weighted by molar-refractivity contribution is 5.80. The molecule has 2 N–H and O–H groups in total. The number of piperazine rings is 1. The molecule has 1 atom stereocenters. The summed E-state index contributed by atoms with van der Waals surface area (Å²) in [5.74, 6) is 0.813. The Morgan fingerprint density at radius 3 is 2.32 bits per heavy atom. The molecule has 2 aliphatic rings. The average Bonchev–Trinajstić information content (AvgIpc) is 3.20. The van der Waals surface area contributed by atoms with E-state index in [1.807, 2.05) is 0 Å². The number of benzene rings is 1. The molecule has 0 saturated carbocycles. The highest BCUT2D eigenvalue weighted by Crippen LogP contribution is 2.29. The van der Waals surface area contributed by atoms with Crippen LogP contribution in [0.4, 0.5) is 13.2 Å². The van der Waals surface area contributed by atoms with Gasteiger partial charge in [0.25, 0.3) is 0 Å². The second-order valence-corrected chi connectivity index (χ2v) is 8.33. The lowest BCUT2D eigenvalue weighted by molar-refractivity contribution is -0.137. The van der Waals surface area contributed by atoms with Gasteiger partial charge < -0.3 is 15.5 Å². The molecule has 0 bridgehead atoms. The van der Waals surface area contributed by atoms with Gasteiger partial charge in [-0.05, 0) is 30.7 Å². The van der Waals surface area contributed by atoms with Crippen molar-refractivity contribution in [3.8, 4) is 0 Å². The lowest BCUT2D eigenvalue weighted by Crippen LogP contribution is -2.50. The first-order valence-electron chi connectivity index (χ1n) is 11.2. The third-order valence-electron chi connectivity index (χ3n) is 6.16. The van der Waals surface area contributed by atoms with E-state index < -0.39 is 11.7 Å². The fourth-order valence-electron chi connectivity index (χ4n) is 4.20. The number of aliphatic imine (C=N–C) groups is 1. The van der Waals surface area contributed by atoms with Gasteiger partial charge in [-0.3, -0.25) is 14.8 Å². The summed E-state index contributed by atoms with van der Waals surface area (Å²) in [4.78, 5) is 11.6. The summed E-state index contributed by atoms with van der Waals surface area (Å²) in [5, 5.41) is 6.90. The summed E-state index contributed by atoms with van der Waals surface area (Å²) >= 11 is 0. The molecule has 31 heavy (non-hydrogen) atoms. The fourth-order valence-corrected chi connectivity index (χ4v) is 4.20. The van der Waals surface area contributed by atoms with E-state index in [1.165, 1.54) is 0 Å². The molecule has 2 aliphatic heterocycles. The number of likely N-dealkylation sites (N-methyl/N-ethyl adjacent to an activating group) is 1. The van der Waals surface area contributed by atoms with Crippen molar-refractivity contribution in [1.82, 2.24) is 25.3 Å². The minimum Gasteiger partial charge on any atom is -0.355 e. The molecule has 174 valence electrons. The summed E-state index contributed by atoms with van der Waals surface area (Å²) in [6.07, 6.45) is -3.30. The average molecular weight is 441 g/mol. The lowest BCUT2D eigenvalue weighted by Gasteiger charge is -2.34. The van der Waals surface area contributed by atoms with Crippen LogP contribution in [-0.4, -0.2) is 92.7 Å². The van der Waals surface area contributed by atoms with E-state index in [1.54, 1.807) is 19.2 Å². The zero-order chi connectivity index (χ0) is 22.3. The van der Waals surface area contributed by atoms with Gasteiger partial charge in [-0.2, -0.15) is 13.2 Å². The van der Waals surface area contributed by atoms with Crippen molar-refractivity contribution in [1.29, 1.82) is 0 Å². The molecule has 0 amide bonds. The minimum absolute atomic E-state index is 0.286. The van der Waals surface area contributed by atoms with Crippen LogP contribution in [0.5, 0.6) is 0 Å². The smallest absolute Gasteiger partial charge is 0.355 e. The number of nitrogens with one attached hydrogen (secondary N) is 2. The normalized spacial score (nSPS) is 22.1. The van der Waals surface area contributed by atoms with E-state index in [-0.39, 0.29) is 6.04 Å². The van der Waals surface area contributed by atoms with Crippen LogP contribution in [0, 0.1) is 0 Å². The highest BCUT2D eigenvalue weighted by Gasteiger charge is 2.30. The molecule has 0 aliphatic carbocycles. The topological polar surface area (TPSA) is 46.1 Å². The van der Waals surface area contributed by atoms with Gasteiger partial charge in [-0.1, -0.05) is 19.1 Å². The molecular formula is C22H35F3N6. The summed E-state index contributed by atoms with van der Waals surface area (Å²) in [5.41, 5.74) is 0.304. The lowest BCUT2D eigenvalue weighted by atomic mass is 10.1. The number of rotatable bonds is 7. The molecular weight excluding hydrogens is 405 g/mol. The Bertz CT molecular complexity index is 698. The van der Waals surface area contributed by atoms with E-state index in [9.17, 15) is 13.2 Å². The predicted octanol–water partition coefficient (Wildman–Crippen LogP) is 2.08. The first kappa shape index (κ1) is 23.8. The fraction of sp³-hybridized carbons (Fsp3) is 0.682. The van der Waals surface area contributed by atoms with Gasteiger partial charge in [0.15, 0.2) is 5.96 Å². The van der Waals surface area contributed by atoms with E-state index in [4.69, 9.17) is 0 Å². The van der Waals surface area contributed by atoms with E-state index in [0.29, 0.717) is 6.54 Å². The van der Waals surface area contributed by atoms with Crippen LogP contribution in [0.15, 0.2) is 29.3 Å². The molecule has 9 heteroatoms. The molecule has 2 saturated heterocycles. The van der Waals surface area contributed by atoms with Gasteiger partial charge >= 0.3 is 6.18 Å². The van der Waals surface area contributed by atoms with Crippen LogP contribution in [0.1, 0.15) is 24.5 Å². The third kappa shape index (κ3) is 7.36. The van der Waals surface area contributed by atoms with Crippen molar-refractivity contribution in [3.05, 3.63) is 35.4 Å². The number of likely N-dealkylation sites (tertiary alicyclic amines) is 1. The maximum absolute atomic E-state index is 12.7. The second-order valence-electron chi connectivity index (χ2n) is 8.33. The number of nitrogens with zero attached hydrogens (tertiary/aromatic N) is 4. The zero-order valence-corrected chi connectivity index (χ0v) is 18.6. The highest BCUT2D eigenvalue weighted by atomic mass is 19.4. The van der Waals surface area contributed by atoms with Gasteiger partial charge in [0, 0.05) is 72.0 Å². The molecule has 1 aromatic carbocycles. The van der Waals surface area contributed by atoms with Gasteiger partial charge in [-0.15, -0.1) is 0 Å². The Kier molecular flexibility index (Phi) is 8.57. The maximum atomic E-state index is 12.7. The summed E-state index contributed by atoms with van der Waals surface area (Å²) in [7, 11) is 1.78. The zero-order valence-electron chi connectivity index (χ0n) is 18.6. The van der Waals surface area contributed by atoms with Crippen molar-refractivity contribution in [3.63, 3.8) is 0 Å². The molecule has 6 nitrogen and oxygen atoms in total. The number of alkyl halides is 3. The predicted molar refractivity (Wildman–Crippen MR) is 118 cm³/mol. The Morgan fingerprint density at radius 2 is 1.71 bits per heavy atom. The molecule has 0 radical (unpaired) electrons. The van der Waals surface area contributed by atoms with Crippen LogP contribution in [0.25, 0.3) is 0 Å². The number of hydrogen-bond donors (Lipinski definition) is 2. The SMILES string of the molecule is CCN1CCN(CCNC(=NC)NC2CCN(Cc3ccc(C(F)(F)F)cc3)C2)CC1.